The van der Waals surface area contributed by atoms with Gasteiger partial charge in [-0.25, -0.2) is 9.78 Å². The van der Waals surface area contributed by atoms with E-state index in [0.717, 1.165) is 11.4 Å². The first kappa shape index (κ1) is 8.77. The predicted octanol–water partition coefficient (Wildman–Crippen LogP) is 1.15. The predicted molar refractivity (Wildman–Crippen MR) is 44.0 cm³/mol. The Kier molecular flexibility index (Phi) is 2.17. The van der Waals surface area contributed by atoms with E-state index in [0.29, 0.717) is 0 Å². The lowest BCUT2D eigenvalue weighted by atomic mass is 10.3. The molecule has 1 atom stereocenters. The minimum absolute atomic E-state index is 0.536. The summed E-state index contributed by atoms with van der Waals surface area (Å²) in [5.74, 6) is -0.837. The SMILES string of the molecule is Cc1ncn([C@@H](C)C(=O)O)c1C. The van der Waals surface area contributed by atoms with Crippen molar-refractivity contribution in [2.75, 3.05) is 0 Å². The average Bonchev–Trinajstić information content (AvgIpc) is 2.32. The number of hydrogen-bond donors (Lipinski definition) is 1. The van der Waals surface area contributed by atoms with E-state index in [-0.39, 0.29) is 0 Å². The van der Waals surface area contributed by atoms with E-state index in [1.165, 1.54) is 0 Å². The summed E-state index contributed by atoms with van der Waals surface area (Å²) in [5.41, 5.74) is 1.79. The molecular formula is C8H12N2O2. The van der Waals surface area contributed by atoms with Gasteiger partial charge >= 0.3 is 5.97 Å². The Morgan fingerprint density at radius 3 is 2.58 bits per heavy atom. The zero-order valence-corrected chi connectivity index (χ0v) is 7.40. The fourth-order valence-corrected chi connectivity index (χ4v) is 1.03. The molecule has 1 heterocycles. The molecule has 1 aromatic heterocycles. The molecular weight excluding hydrogens is 156 g/mol. The van der Waals surface area contributed by atoms with Gasteiger partial charge in [0.05, 0.1) is 12.0 Å². The summed E-state index contributed by atoms with van der Waals surface area (Å²) in [6, 6.07) is -0.536. The van der Waals surface area contributed by atoms with Crippen molar-refractivity contribution in [1.82, 2.24) is 9.55 Å². The second kappa shape index (κ2) is 2.97. The van der Waals surface area contributed by atoms with Crippen LogP contribution in [0.5, 0.6) is 0 Å². The van der Waals surface area contributed by atoms with Crippen LogP contribution < -0.4 is 0 Å². The minimum Gasteiger partial charge on any atom is -0.480 e. The maximum atomic E-state index is 10.6. The molecule has 1 rings (SSSR count). The standard InChI is InChI=1S/C8H12N2O2/c1-5-6(2)10(4-9-5)7(3)8(11)12/h4,7H,1-3H3,(H,11,12)/t7-/m0/s1. The number of carboxylic acids is 1. The molecule has 12 heavy (non-hydrogen) atoms. The van der Waals surface area contributed by atoms with Crippen molar-refractivity contribution < 1.29 is 9.90 Å². The molecule has 0 aliphatic rings. The second-order valence-electron chi connectivity index (χ2n) is 2.84. The van der Waals surface area contributed by atoms with Crippen molar-refractivity contribution in [2.45, 2.75) is 26.8 Å². The third-order valence-corrected chi connectivity index (χ3v) is 2.06. The molecule has 0 bridgehead atoms. The smallest absolute Gasteiger partial charge is 0.326 e. The molecule has 4 nitrogen and oxygen atoms in total. The zero-order chi connectivity index (χ0) is 9.30. The van der Waals surface area contributed by atoms with Crippen LogP contribution in [-0.2, 0) is 4.79 Å². The number of carbonyl (C=O) groups is 1. The summed E-state index contributed by atoms with van der Waals surface area (Å²) >= 11 is 0. The second-order valence-corrected chi connectivity index (χ2v) is 2.84. The van der Waals surface area contributed by atoms with Crippen LogP contribution in [0.25, 0.3) is 0 Å². The largest absolute Gasteiger partial charge is 0.480 e. The molecule has 0 aromatic carbocycles. The Morgan fingerprint density at radius 1 is 1.67 bits per heavy atom. The van der Waals surface area contributed by atoms with Crippen molar-refractivity contribution in [3.05, 3.63) is 17.7 Å². The summed E-state index contributed by atoms with van der Waals surface area (Å²) in [7, 11) is 0. The van der Waals surface area contributed by atoms with Crippen LogP contribution in [0.2, 0.25) is 0 Å². The van der Waals surface area contributed by atoms with Gasteiger partial charge in [0.25, 0.3) is 0 Å². The minimum atomic E-state index is -0.837. The van der Waals surface area contributed by atoms with Crippen molar-refractivity contribution in [2.24, 2.45) is 0 Å². The Morgan fingerprint density at radius 2 is 2.25 bits per heavy atom. The molecule has 0 unspecified atom stereocenters. The highest BCUT2D eigenvalue weighted by molar-refractivity contribution is 5.71. The van der Waals surface area contributed by atoms with Gasteiger partial charge in [-0.15, -0.1) is 0 Å². The van der Waals surface area contributed by atoms with E-state index < -0.39 is 12.0 Å². The van der Waals surface area contributed by atoms with E-state index in [9.17, 15) is 4.79 Å². The van der Waals surface area contributed by atoms with Gasteiger partial charge in [-0.2, -0.15) is 0 Å². The van der Waals surface area contributed by atoms with E-state index in [4.69, 9.17) is 5.11 Å². The summed E-state index contributed by atoms with van der Waals surface area (Å²) in [6.45, 7) is 5.36. The number of hydrogen-bond acceptors (Lipinski definition) is 2. The highest BCUT2D eigenvalue weighted by Gasteiger charge is 2.15. The van der Waals surface area contributed by atoms with Crippen LogP contribution in [0.1, 0.15) is 24.4 Å². The lowest BCUT2D eigenvalue weighted by Crippen LogP contribution is -2.15. The van der Waals surface area contributed by atoms with E-state index in [2.05, 4.69) is 4.98 Å². The molecule has 66 valence electrons. The highest BCUT2D eigenvalue weighted by atomic mass is 16.4. The monoisotopic (exact) mass is 168 g/mol. The lowest BCUT2D eigenvalue weighted by molar-refractivity contribution is -0.140. The molecule has 0 amide bonds. The van der Waals surface area contributed by atoms with E-state index in [1.807, 2.05) is 13.8 Å². The van der Waals surface area contributed by atoms with Gasteiger partial charge in [-0.05, 0) is 20.8 Å². The van der Waals surface area contributed by atoms with Crippen LogP contribution in [0.4, 0.5) is 0 Å². The third kappa shape index (κ3) is 1.32. The fourth-order valence-electron chi connectivity index (χ4n) is 1.03. The number of aryl methyl sites for hydroxylation is 1. The highest BCUT2D eigenvalue weighted by Crippen LogP contribution is 2.12. The third-order valence-electron chi connectivity index (χ3n) is 2.06. The molecule has 0 saturated carbocycles. The van der Waals surface area contributed by atoms with E-state index in [1.54, 1.807) is 17.8 Å². The van der Waals surface area contributed by atoms with Gasteiger partial charge in [0.2, 0.25) is 0 Å². The van der Waals surface area contributed by atoms with Crippen LogP contribution in [0.15, 0.2) is 6.33 Å². The maximum Gasteiger partial charge on any atom is 0.326 e. The van der Waals surface area contributed by atoms with Gasteiger partial charge in [-0.1, -0.05) is 0 Å². The molecule has 0 saturated heterocycles. The first-order chi connectivity index (χ1) is 5.54. The van der Waals surface area contributed by atoms with Crippen LogP contribution in [0, 0.1) is 13.8 Å². The summed E-state index contributed by atoms with van der Waals surface area (Å²) in [5, 5.41) is 8.72. The molecule has 1 aromatic rings. The average molecular weight is 168 g/mol. The fraction of sp³-hybridized carbons (Fsp3) is 0.500. The molecule has 4 heteroatoms. The summed E-state index contributed by atoms with van der Waals surface area (Å²) in [6.07, 6.45) is 1.56. The topological polar surface area (TPSA) is 55.1 Å². The van der Waals surface area contributed by atoms with Gasteiger partial charge in [0.15, 0.2) is 0 Å². The van der Waals surface area contributed by atoms with Crippen molar-refractivity contribution >= 4 is 5.97 Å². The van der Waals surface area contributed by atoms with Crippen LogP contribution in [0.3, 0.4) is 0 Å². The zero-order valence-electron chi connectivity index (χ0n) is 7.40. The Hall–Kier alpha value is -1.32. The lowest BCUT2D eigenvalue weighted by Gasteiger charge is -2.09. The van der Waals surface area contributed by atoms with E-state index >= 15 is 0 Å². The van der Waals surface area contributed by atoms with Crippen LogP contribution in [-0.4, -0.2) is 20.6 Å². The summed E-state index contributed by atoms with van der Waals surface area (Å²) in [4.78, 5) is 14.6. The van der Waals surface area contributed by atoms with Gasteiger partial charge in [0, 0.05) is 5.69 Å². The molecule has 0 aliphatic heterocycles. The van der Waals surface area contributed by atoms with Gasteiger partial charge < -0.3 is 9.67 Å². The Labute approximate surface area is 70.9 Å². The maximum absolute atomic E-state index is 10.6. The molecule has 1 N–H and O–H groups in total. The molecule has 0 aliphatic carbocycles. The Bertz CT molecular complexity index is 304. The van der Waals surface area contributed by atoms with Crippen LogP contribution >= 0.6 is 0 Å². The van der Waals surface area contributed by atoms with Crippen molar-refractivity contribution in [3.63, 3.8) is 0 Å². The first-order valence-corrected chi connectivity index (χ1v) is 3.77. The van der Waals surface area contributed by atoms with Crippen molar-refractivity contribution in [1.29, 1.82) is 0 Å². The number of rotatable bonds is 2. The summed E-state index contributed by atoms with van der Waals surface area (Å²) < 4.78 is 1.65. The number of aromatic nitrogens is 2. The van der Waals surface area contributed by atoms with Gasteiger partial charge in [-0.3, -0.25) is 0 Å². The quantitative estimate of drug-likeness (QED) is 0.720. The number of imidazole rings is 1. The molecule has 0 radical (unpaired) electrons. The van der Waals surface area contributed by atoms with Crippen molar-refractivity contribution in [3.8, 4) is 0 Å². The first-order valence-electron chi connectivity index (χ1n) is 3.77. The number of aliphatic carboxylic acids is 1. The number of carboxylic acid groups (broad SMARTS) is 1. The Balaban J connectivity index is 3.03. The van der Waals surface area contributed by atoms with Gasteiger partial charge in [0.1, 0.15) is 6.04 Å². The molecule has 0 fully saturated rings. The normalized spacial score (nSPS) is 12.9. The number of nitrogens with zero attached hydrogens (tertiary/aromatic N) is 2. The molecule has 0 spiro atoms.